The zero-order valence-corrected chi connectivity index (χ0v) is 38.4. The molecular formula is C43H58AcNO11-. The first kappa shape index (κ1) is 47.6. The number of hydrogen-bond donors (Lipinski definition) is 3. The molecule has 305 valence electrons. The normalized spacial score (nSPS) is 28.9. The van der Waals surface area contributed by atoms with Gasteiger partial charge in [0, 0.05) is 73.8 Å². The topological polar surface area (TPSA) is 181 Å². The summed E-state index contributed by atoms with van der Waals surface area (Å²) in [6.07, 6.45) is 2.69. The van der Waals surface area contributed by atoms with E-state index in [1.54, 1.807) is 30.7 Å². The van der Waals surface area contributed by atoms with Crippen LogP contribution in [0.4, 0.5) is 4.79 Å². The van der Waals surface area contributed by atoms with Crippen molar-refractivity contribution in [2.45, 2.75) is 97.7 Å². The van der Waals surface area contributed by atoms with Crippen LogP contribution in [-0.2, 0) is 39.7 Å². The monoisotopic (exact) mass is 991 g/mol. The Bertz CT molecular complexity index is 1660. The third-order valence-electron chi connectivity index (χ3n) is 11.8. The number of benzene rings is 2. The Morgan fingerprint density at radius 1 is 0.929 bits per heavy atom. The van der Waals surface area contributed by atoms with Crippen molar-refractivity contribution in [1.29, 1.82) is 0 Å². The van der Waals surface area contributed by atoms with Crippen molar-refractivity contribution >= 4 is 23.8 Å². The van der Waals surface area contributed by atoms with Crippen LogP contribution in [0.5, 0.6) is 0 Å². The van der Waals surface area contributed by atoms with E-state index >= 15 is 0 Å². The second-order valence-electron chi connectivity index (χ2n) is 15.9. The summed E-state index contributed by atoms with van der Waals surface area (Å²) in [4.78, 5) is 46.1. The Morgan fingerprint density at radius 2 is 1.50 bits per heavy atom. The van der Waals surface area contributed by atoms with Gasteiger partial charge < -0.3 is 44.4 Å². The van der Waals surface area contributed by atoms with Gasteiger partial charge in [-0.05, 0) is 68.1 Å². The fourth-order valence-corrected chi connectivity index (χ4v) is 8.26. The summed E-state index contributed by atoms with van der Waals surface area (Å²) in [5.74, 6) is -0.250. The smallest absolute Gasteiger partial charge is 0.476 e. The van der Waals surface area contributed by atoms with Crippen LogP contribution in [0, 0.1) is 79.1 Å². The van der Waals surface area contributed by atoms with Crippen LogP contribution in [0.1, 0.15) is 83.1 Å². The van der Waals surface area contributed by atoms with E-state index in [1.165, 1.54) is 0 Å². The molecule has 0 aromatic heterocycles. The number of ketones is 1. The Balaban J connectivity index is 0.000000310. The van der Waals surface area contributed by atoms with Gasteiger partial charge in [-0.15, -0.1) is 6.92 Å². The summed E-state index contributed by atoms with van der Waals surface area (Å²) in [6, 6.07) is 18.7. The van der Waals surface area contributed by atoms with Crippen LogP contribution in [0.2, 0.25) is 0 Å². The maximum absolute atomic E-state index is 13.7. The molecule has 4 N–H and O–H groups in total. The molecule has 2 heterocycles. The Hall–Kier alpha value is -2.79. The maximum Gasteiger partial charge on any atom is 0.505 e. The first-order valence-corrected chi connectivity index (χ1v) is 18.9. The molecule has 2 saturated heterocycles. The van der Waals surface area contributed by atoms with Gasteiger partial charge in [-0.25, -0.2) is 4.79 Å². The summed E-state index contributed by atoms with van der Waals surface area (Å²) >= 11 is 0. The molecule has 7 rings (SSSR count). The molecule has 2 aromatic rings. The Morgan fingerprint density at radius 3 is 1.96 bits per heavy atom. The van der Waals surface area contributed by atoms with Crippen LogP contribution >= 0.6 is 0 Å². The minimum absolute atomic E-state index is 0. The van der Waals surface area contributed by atoms with Crippen molar-refractivity contribution in [3.63, 3.8) is 0 Å². The number of aliphatic hydroxyl groups excluding tert-OH is 1. The second kappa shape index (κ2) is 20.8. The molecule has 1 radical (unpaired) electrons. The van der Waals surface area contributed by atoms with Crippen molar-refractivity contribution < 1.29 is 97.1 Å². The van der Waals surface area contributed by atoms with Crippen LogP contribution in [0.25, 0.3) is 0 Å². The molecule has 12 nitrogen and oxygen atoms in total. The number of carbonyl (C=O) groups is 4. The number of primary amides is 1. The van der Waals surface area contributed by atoms with Crippen LogP contribution < -0.4 is 5.73 Å². The number of Topliss-reactive ketones (excluding diaryl/α,β-unsaturated/α-hetero) is 1. The molecule has 3 aliphatic carbocycles. The van der Waals surface area contributed by atoms with E-state index in [-0.39, 0.29) is 97.0 Å². The van der Waals surface area contributed by atoms with E-state index in [2.05, 4.69) is 18.6 Å². The van der Waals surface area contributed by atoms with Gasteiger partial charge in [0.25, 0.3) is 0 Å². The van der Waals surface area contributed by atoms with Gasteiger partial charge in [0.2, 0.25) is 5.91 Å². The summed E-state index contributed by atoms with van der Waals surface area (Å²) in [5, 5.41) is 18.5. The first-order valence-electron chi connectivity index (χ1n) is 18.9. The third kappa shape index (κ3) is 11.9. The largest absolute Gasteiger partial charge is 0.505 e. The molecule has 4 fully saturated rings. The van der Waals surface area contributed by atoms with E-state index in [9.17, 15) is 19.5 Å². The van der Waals surface area contributed by atoms with Gasteiger partial charge in [-0.3, -0.25) is 9.59 Å². The van der Waals surface area contributed by atoms with E-state index in [4.69, 9.17) is 34.6 Å². The van der Waals surface area contributed by atoms with E-state index < -0.39 is 17.7 Å². The number of hydrogen-bond acceptors (Lipinski definition) is 10. The average molecular weight is 992 g/mol. The van der Waals surface area contributed by atoms with Crippen LogP contribution in [0.3, 0.4) is 0 Å². The molecule has 56 heavy (non-hydrogen) atoms. The van der Waals surface area contributed by atoms with Gasteiger partial charge in [0.15, 0.2) is 5.79 Å². The van der Waals surface area contributed by atoms with Gasteiger partial charge in [-0.2, -0.15) is 17.6 Å². The Labute approximate surface area is 366 Å². The SMILES string of the molecule is CC1(C)OCCO1.CC1=C2[CH-]C(=O)C3(C)C(O)CC4OCC4C3CC(C[C@@H]1OC(=O)CCc1ccccc1)C2(C)C.COC(=O)O.NC(=O)c1ccccc1.[Ac]. The zero-order valence-electron chi connectivity index (χ0n) is 33.7. The van der Waals surface area contributed by atoms with E-state index in [1.807, 2.05) is 64.1 Å². The molecular weight excluding hydrogens is 933 g/mol. The molecule has 7 atom stereocenters. The van der Waals surface area contributed by atoms with Crippen molar-refractivity contribution in [3.05, 3.63) is 89.4 Å². The van der Waals surface area contributed by atoms with Crippen molar-refractivity contribution in [2.75, 3.05) is 26.9 Å². The number of aryl methyl sites for hydroxylation is 1. The fraction of sp³-hybridized carbons (Fsp3) is 0.558. The summed E-state index contributed by atoms with van der Waals surface area (Å²) in [6.45, 7) is 14.4. The Kier molecular flexibility index (Phi) is 17.6. The quantitative estimate of drug-likeness (QED) is 0.225. The predicted octanol–water partition coefficient (Wildman–Crippen LogP) is 6.34. The number of fused-ring (bicyclic) bond motifs is 5. The summed E-state index contributed by atoms with van der Waals surface area (Å²) in [7, 11) is 1.10. The number of ether oxygens (including phenoxy) is 5. The standard InChI is InChI=1S/C29H37O5.C7H7NO.C5H10O2.C2H4O3.Ac/c1-17-21-14-25(30)29(4)22(20-16-33-24(20)15-26(29)31)12-19(28(21,2)3)13-23(17)34-27(32)11-10-18-8-6-5-7-9-18;8-7(9)6-4-2-1-3-5-6;1-5(2)6-3-4-7-5;1-5-2(3)4;/h5-9,14,19-20,22-24,26,31H,10-13,15-16H2,1-4H3;1-5H,(H2,8,9);3-4H2,1-2H3;1H3,(H,3,4);/q-1;;;;/t19?,20?,22?,23-,24?,26?,29?;;;;/m0..../s1. The van der Waals surface area contributed by atoms with Crippen LogP contribution in [-0.4, -0.2) is 85.1 Å². The minimum atomic E-state index is -1.25. The number of nitrogens with two attached hydrogens (primary N) is 1. The van der Waals surface area contributed by atoms with Crippen molar-refractivity contribution in [3.8, 4) is 0 Å². The number of allylic oxidation sites excluding steroid dienone is 1. The summed E-state index contributed by atoms with van der Waals surface area (Å²) in [5.41, 5.74) is 7.62. The van der Waals surface area contributed by atoms with Crippen molar-refractivity contribution in [2.24, 2.45) is 34.3 Å². The number of carbonyl (C=O) groups excluding carboxylic acids is 3. The summed E-state index contributed by atoms with van der Waals surface area (Å²) < 4.78 is 25.7. The van der Waals surface area contributed by atoms with Gasteiger partial charge in [-0.1, -0.05) is 69.3 Å². The molecule has 1 amide bonds. The third-order valence-corrected chi connectivity index (χ3v) is 11.8. The number of carboxylic acid groups (broad SMARTS) is 1. The molecule has 2 aromatic carbocycles. The molecule has 13 heteroatoms. The van der Waals surface area contributed by atoms with E-state index in [0.29, 0.717) is 37.4 Å². The second-order valence-corrected chi connectivity index (χ2v) is 15.9. The number of rotatable bonds is 5. The van der Waals surface area contributed by atoms with Crippen LogP contribution in [0.15, 0.2) is 71.8 Å². The molecule has 0 spiro atoms. The first-order chi connectivity index (χ1) is 25.9. The fourth-order valence-electron chi connectivity index (χ4n) is 8.26. The minimum Gasteiger partial charge on any atom is -0.476 e. The predicted molar refractivity (Wildman–Crippen MR) is 205 cm³/mol. The molecule has 6 unspecified atom stereocenters. The van der Waals surface area contributed by atoms with Crippen molar-refractivity contribution in [1.82, 2.24) is 0 Å². The van der Waals surface area contributed by atoms with Gasteiger partial charge in [0.05, 0.1) is 51.0 Å². The maximum atomic E-state index is 13.7. The van der Waals surface area contributed by atoms with E-state index in [0.717, 1.165) is 49.9 Å². The molecule has 2 aliphatic heterocycles. The molecule has 5 aliphatic rings. The van der Waals surface area contributed by atoms with Gasteiger partial charge in [0.1, 0.15) is 0 Å². The zero-order chi connectivity index (χ0) is 40.6. The molecule has 2 saturated carbocycles. The van der Waals surface area contributed by atoms with Gasteiger partial charge >= 0.3 is 12.1 Å². The average Bonchev–Trinajstić information content (AvgIpc) is 3.56. The number of amides is 1. The number of esters is 1. The molecule has 2 bridgehead atoms. The number of aliphatic hydroxyl groups is 1. The number of methoxy groups -OCH3 is 1.